The van der Waals surface area contributed by atoms with Crippen molar-refractivity contribution in [2.24, 2.45) is 0 Å². The first-order chi connectivity index (χ1) is 18.4. The molecule has 0 bridgehead atoms. The number of hydrogen-bond donors (Lipinski definition) is 1. The average molecular weight is 509 g/mol. The maximum atomic E-state index is 13.4. The minimum Gasteiger partial charge on any atom is -0.493 e. The molecule has 38 heavy (non-hydrogen) atoms. The Kier molecular flexibility index (Phi) is 6.79. The number of aryl methyl sites for hydroxylation is 1. The van der Waals surface area contributed by atoms with E-state index in [1.165, 1.54) is 0 Å². The number of anilines is 3. The topological polar surface area (TPSA) is 95.9 Å². The molecule has 1 N–H and O–H groups in total. The molecule has 0 unspecified atom stereocenters. The SMILES string of the molecule is CCN1c2ncc(CCOc3ccc(/C=C/C(=O)O)c4ccccc34)cc2C(=O)N(C)c2ccc(C)nc21. The molecule has 0 saturated carbocycles. The van der Waals surface area contributed by atoms with Crippen molar-refractivity contribution in [1.29, 1.82) is 0 Å². The Morgan fingerprint density at radius 2 is 1.87 bits per heavy atom. The van der Waals surface area contributed by atoms with Gasteiger partial charge in [-0.3, -0.25) is 4.79 Å². The van der Waals surface area contributed by atoms with Gasteiger partial charge in [0.15, 0.2) is 5.82 Å². The second-order valence-electron chi connectivity index (χ2n) is 9.09. The Labute approximate surface area is 220 Å². The van der Waals surface area contributed by atoms with E-state index in [0.29, 0.717) is 36.7 Å². The van der Waals surface area contributed by atoms with Crippen molar-refractivity contribution in [3.8, 4) is 5.75 Å². The fraction of sp³-hybridized carbons (Fsp3) is 0.200. The molecule has 2 aromatic heterocycles. The summed E-state index contributed by atoms with van der Waals surface area (Å²) in [6.07, 6.45) is 5.06. The van der Waals surface area contributed by atoms with Crippen LogP contribution < -0.4 is 14.5 Å². The third-order valence-electron chi connectivity index (χ3n) is 6.61. The van der Waals surface area contributed by atoms with Crippen LogP contribution in [0.25, 0.3) is 16.8 Å². The number of carboxylic acid groups (broad SMARTS) is 1. The average Bonchev–Trinajstić information content (AvgIpc) is 3.00. The molecule has 5 rings (SSSR count). The van der Waals surface area contributed by atoms with E-state index in [2.05, 4.69) is 0 Å². The normalized spacial score (nSPS) is 13.0. The van der Waals surface area contributed by atoms with Gasteiger partial charge in [-0.25, -0.2) is 14.8 Å². The standard InChI is InChI=1S/C30H28N4O4/c1-4-34-28-24(30(37)33(3)25-12-9-19(2)32-29(25)34)17-20(18-31-28)15-16-38-26-13-10-21(11-14-27(35)36)22-7-5-6-8-23(22)26/h5-14,17-18H,4,15-16H2,1-3H3,(H,35,36)/b14-11+. The van der Waals surface area contributed by atoms with Gasteiger partial charge in [-0.1, -0.05) is 30.3 Å². The van der Waals surface area contributed by atoms with Gasteiger partial charge in [0.25, 0.3) is 5.91 Å². The van der Waals surface area contributed by atoms with Gasteiger partial charge in [0.05, 0.1) is 17.9 Å². The smallest absolute Gasteiger partial charge is 0.328 e. The predicted octanol–water partition coefficient (Wildman–Crippen LogP) is 5.41. The van der Waals surface area contributed by atoms with E-state index in [4.69, 9.17) is 19.8 Å². The number of aliphatic carboxylic acids is 1. The number of ether oxygens (including phenoxy) is 1. The number of nitrogens with zero attached hydrogens (tertiary/aromatic N) is 4. The molecule has 0 spiro atoms. The number of benzene rings is 2. The molecule has 8 nitrogen and oxygen atoms in total. The summed E-state index contributed by atoms with van der Waals surface area (Å²) in [7, 11) is 1.76. The van der Waals surface area contributed by atoms with Crippen molar-refractivity contribution in [3.05, 3.63) is 89.3 Å². The van der Waals surface area contributed by atoms with Crippen LogP contribution in [0.3, 0.4) is 0 Å². The lowest BCUT2D eigenvalue weighted by Crippen LogP contribution is -2.25. The summed E-state index contributed by atoms with van der Waals surface area (Å²) in [5.41, 5.74) is 3.85. The van der Waals surface area contributed by atoms with Gasteiger partial charge in [0.2, 0.25) is 0 Å². The maximum absolute atomic E-state index is 13.4. The van der Waals surface area contributed by atoms with Crippen LogP contribution in [-0.2, 0) is 11.2 Å². The van der Waals surface area contributed by atoms with Crippen LogP contribution in [0.4, 0.5) is 17.3 Å². The molecule has 0 saturated heterocycles. The second-order valence-corrected chi connectivity index (χ2v) is 9.09. The number of carbonyl (C=O) groups is 2. The van der Waals surface area contributed by atoms with Crippen LogP contribution in [0.2, 0.25) is 0 Å². The van der Waals surface area contributed by atoms with Crippen molar-refractivity contribution >= 4 is 46.0 Å². The zero-order chi connectivity index (χ0) is 26.8. The van der Waals surface area contributed by atoms with Gasteiger partial charge < -0.3 is 19.6 Å². The lowest BCUT2D eigenvalue weighted by atomic mass is 10.0. The van der Waals surface area contributed by atoms with Crippen LogP contribution in [0.5, 0.6) is 5.75 Å². The predicted molar refractivity (Wildman–Crippen MR) is 148 cm³/mol. The molecule has 8 heteroatoms. The Morgan fingerprint density at radius 1 is 1.08 bits per heavy atom. The summed E-state index contributed by atoms with van der Waals surface area (Å²) < 4.78 is 6.14. The first-order valence-corrected chi connectivity index (χ1v) is 12.4. The second kappa shape index (κ2) is 10.3. The fourth-order valence-corrected chi connectivity index (χ4v) is 4.70. The van der Waals surface area contributed by atoms with E-state index in [-0.39, 0.29) is 5.91 Å². The summed E-state index contributed by atoms with van der Waals surface area (Å²) in [6.45, 7) is 4.96. The molecule has 0 fully saturated rings. The van der Waals surface area contributed by atoms with Crippen molar-refractivity contribution in [1.82, 2.24) is 9.97 Å². The van der Waals surface area contributed by atoms with Crippen LogP contribution in [0.15, 0.2) is 66.9 Å². The van der Waals surface area contributed by atoms with Gasteiger partial charge >= 0.3 is 5.97 Å². The molecule has 0 aliphatic carbocycles. The van der Waals surface area contributed by atoms with Gasteiger partial charge in [-0.15, -0.1) is 0 Å². The van der Waals surface area contributed by atoms with E-state index in [0.717, 1.165) is 45.2 Å². The summed E-state index contributed by atoms with van der Waals surface area (Å²) in [5.74, 6) is 0.904. The van der Waals surface area contributed by atoms with E-state index < -0.39 is 5.97 Å². The van der Waals surface area contributed by atoms with Crippen molar-refractivity contribution in [2.75, 3.05) is 30.0 Å². The maximum Gasteiger partial charge on any atom is 0.328 e. The minimum atomic E-state index is -0.995. The Balaban J connectivity index is 1.39. The Bertz CT molecular complexity index is 1580. The largest absolute Gasteiger partial charge is 0.493 e. The summed E-state index contributed by atoms with van der Waals surface area (Å²) in [4.78, 5) is 37.4. The van der Waals surface area contributed by atoms with Gasteiger partial charge in [0.1, 0.15) is 11.6 Å². The lowest BCUT2D eigenvalue weighted by molar-refractivity contribution is -0.131. The lowest BCUT2D eigenvalue weighted by Gasteiger charge is -2.23. The van der Waals surface area contributed by atoms with Crippen LogP contribution >= 0.6 is 0 Å². The van der Waals surface area contributed by atoms with E-state index in [9.17, 15) is 9.59 Å². The van der Waals surface area contributed by atoms with Crippen molar-refractivity contribution in [2.45, 2.75) is 20.3 Å². The monoisotopic (exact) mass is 508 g/mol. The van der Waals surface area contributed by atoms with Crippen LogP contribution in [0, 0.1) is 6.92 Å². The highest BCUT2D eigenvalue weighted by Crippen LogP contribution is 2.38. The first kappa shape index (κ1) is 25.0. The Hall–Kier alpha value is -4.72. The highest BCUT2D eigenvalue weighted by Gasteiger charge is 2.30. The van der Waals surface area contributed by atoms with Gasteiger partial charge in [-0.2, -0.15) is 0 Å². The zero-order valence-electron chi connectivity index (χ0n) is 21.5. The quantitative estimate of drug-likeness (QED) is 0.334. The number of rotatable bonds is 7. The number of hydrogen-bond acceptors (Lipinski definition) is 6. The zero-order valence-corrected chi connectivity index (χ0v) is 21.5. The minimum absolute atomic E-state index is 0.130. The number of fused-ring (bicyclic) bond motifs is 3. The Morgan fingerprint density at radius 3 is 2.63 bits per heavy atom. The van der Waals surface area contributed by atoms with Gasteiger partial charge in [-0.05, 0) is 60.7 Å². The summed E-state index contributed by atoms with van der Waals surface area (Å²) in [5, 5.41) is 10.8. The number of aromatic nitrogens is 2. The number of carboxylic acids is 1. The molecule has 192 valence electrons. The fourth-order valence-electron chi connectivity index (χ4n) is 4.70. The van der Waals surface area contributed by atoms with E-state index in [1.54, 1.807) is 24.2 Å². The van der Waals surface area contributed by atoms with E-state index >= 15 is 0 Å². The van der Waals surface area contributed by atoms with Crippen molar-refractivity contribution < 1.29 is 19.4 Å². The molecular weight excluding hydrogens is 480 g/mol. The van der Waals surface area contributed by atoms with Crippen molar-refractivity contribution in [3.63, 3.8) is 0 Å². The molecule has 0 atom stereocenters. The summed E-state index contributed by atoms with van der Waals surface area (Å²) in [6, 6.07) is 17.1. The molecule has 1 aliphatic rings. The molecule has 3 heterocycles. The first-order valence-electron chi connectivity index (χ1n) is 12.4. The van der Waals surface area contributed by atoms with E-state index in [1.807, 2.05) is 73.3 Å². The number of carbonyl (C=O) groups excluding carboxylic acids is 1. The summed E-state index contributed by atoms with van der Waals surface area (Å²) >= 11 is 0. The molecule has 2 aromatic carbocycles. The van der Waals surface area contributed by atoms with Crippen LogP contribution in [-0.4, -0.2) is 47.2 Å². The number of amides is 1. The van der Waals surface area contributed by atoms with Gasteiger partial charge in [0, 0.05) is 43.4 Å². The molecule has 1 aliphatic heterocycles. The molecule has 4 aromatic rings. The van der Waals surface area contributed by atoms with Crippen LogP contribution in [0.1, 0.15) is 34.1 Å². The molecule has 1 amide bonds. The molecular formula is C30H28N4O4. The number of pyridine rings is 2. The highest BCUT2D eigenvalue weighted by molar-refractivity contribution is 6.12. The third kappa shape index (κ3) is 4.68. The third-order valence-corrected chi connectivity index (χ3v) is 6.61. The molecule has 0 radical (unpaired) electrons. The highest BCUT2D eigenvalue weighted by atomic mass is 16.5.